The molecule has 140 valence electrons. The minimum Gasteiger partial charge on any atom is -0.481 e. The average molecular weight is 375 g/mol. The number of carbonyl (C=O) groups excluding carboxylic acids is 1. The number of hydrogen-bond donors (Lipinski definition) is 3. The van der Waals surface area contributed by atoms with Crippen LogP contribution >= 0.6 is 11.3 Å². The first-order chi connectivity index (χ1) is 12.5. The van der Waals surface area contributed by atoms with Gasteiger partial charge in [0.15, 0.2) is 0 Å². The lowest BCUT2D eigenvalue weighted by molar-refractivity contribution is -0.140. The summed E-state index contributed by atoms with van der Waals surface area (Å²) in [5, 5.41) is 15.4. The lowest BCUT2D eigenvalue weighted by Crippen LogP contribution is -2.47. The fourth-order valence-electron chi connectivity index (χ4n) is 3.96. The maximum Gasteiger partial charge on any atom is 0.303 e. The maximum atomic E-state index is 12.5. The quantitative estimate of drug-likeness (QED) is 0.693. The Hall–Kier alpha value is -1.92. The molecule has 1 aliphatic carbocycles. The number of fused-ring (bicyclic) bond motifs is 1. The van der Waals surface area contributed by atoms with Crippen LogP contribution in [0, 0.1) is 5.41 Å². The Morgan fingerprint density at radius 2 is 1.96 bits per heavy atom. The molecule has 0 bridgehead atoms. The first kappa shape index (κ1) is 18.9. The summed E-state index contributed by atoms with van der Waals surface area (Å²) in [6, 6.07) is 7.48. The maximum absolute atomic E-state index is 12.5. The van der Waals surface area contributed by atoms with E-state index in [1.165, 1.54) is 4.70 Å². The predicted molar refractivity (Wildman–Crippen MR) is 104 cm³/mol. The molecule has 2 aromatic rings. The second-order valence-corrected chi connectivity index (χ2v) is 8.33. The molecule has 26 heavy (non-hydrogen) atoms. The number of rotatable bonds is 7. The van der Waals surface area contributed by atoms with Crippen molar-refractivity contribution in [1.29, 1.82) is 0 Å². The largest absolute Gasteiger partial charge is 0.481 e. The molecule has 5 nitrogen and oxygen atoms in total. The second-order valence-electron chi connectivity index (χ2n) is 7.42. The van der Waals surface area contributed by atoms with Gasteiger partial charge in [0.25, 0.3) is 0 Å². The van der Waals surface area contributed by atoms with Gasteiger partial charge in [0.05, 0.1) is 12.5 Å². The van der Waals surface area contributed by atoms with Crippen molar-refractivity contribution < 1.29 is 14.7 Å². The summed E-state index contributed by atoms with van der Waals surface area (Å²) in [6.07, 6.45) is 5.49. The van der Waals surface area contributed by atoms with Crippen LogP contribution in [-0.4, -0.2) is 29.6 Å². The Balaban J connectivity index is 1.60. The van der Waals surface area contributed by atoms with Crippen molar-refractivity contribution in [1.82, 2.24) is 5.32 Å². The van der Waals surface area contributed by atoms with E-state index in [1.807, 2.05) is 12.1 Å². The number of amides is 1. The van der Waals surface area contributed by atoms with Crippen molar-refractivity contribution in [2.45, 2.75) is 51.0 Å². The molecular formula is C20H26N2O3S. The number of carbonyl (C=O) groups is 2. The Labute approximate surface area is 157 Å². The summed E-state index contributed by atoms with van der Waals surface area (Å²) < 4.78 is 1.19. The Bertz CT molecular complexity index is 780. The normalized spacial score (nSPS) is 17.7. The van der Waals surface area contributed by atoms with E-state index in [0.29, 0.717) is 13.0 Å². The summed E-state index contributed by atoms with van der Waals surface area (Å²) in [6.45, 7) is 0.399. The summed E-state index contributed by atoms with van der Waals surface area (Å²) in [5.41, 5.74) is 6.90. The highest BCUT2D eigenvalue weighted by atomic mass is 32.1. The highest BCUT2D eigenvalue weighted by molar-refractivity contribution is 7.17. The van der Waals surface area contributed by atoms with Gasteiger partial charge in [0.2, 0.25) is 5.91 Å². The molecule has 1 aliphatic rings. The fraction of sp³-hybridized carbons (Fsp3) is 0.500. The van der Waals surface area contributed by atoms with E-state index in [9.17, 15) is 14.7 Å². The fourth-order valence-corrected chi connectivity index (χ4v) is 4.94. The van der Waals surface area contributed by atoms with Crippen LogP contribution < -0.4 is 11.1 Å². The molecule has 1 amide bonds. The van der Waals surface area contributed by atoms with Crippen molar-refractivity contribution in [3.63, 3.8) is 0 Å². The third-order valence-corrected chi connectivity index (χ3v) is 6.43. The highest BCUT2D eigenvalue weighted by Crippen LogP contribution is 2.38. The Morgan fingerprint density at radius 1 is 1.23 bits per heavy atom. The number of nitrogens with one attached hydrogen (secondary N) is 1. The van der Waals surface area contributed by atoms with Crippen LogP contribution in [-0.2, 0) is 16.0 Å². The predicted octanol–water partition coefficient (Wildman–Crippen LogP) is 3.31. The first-order valence-corrected chi connectivity index (χ1v) is 10.1. The molecule has 0 aliphatic heterocycles. The number of nitrogens with two attached hydrogens (primary N) is 1. The molecule has 0 unspecified atom stereocenters. The SMILES string of the molecule is N[C@H](Cc1csc2ccccc12)C(=O)NCC1(CC(=O)O)CCCCC1. The van der Waals surface area contributed by atoms with E-state index >= 15 is 0 Å². The third-order valence-electron chi connectivity index (χ3n) is 5.42. The number of aliphatic carboxylic acids is 1. The molecule has 4 N–H and O–H groups in total. The molecule has 0 radical (unpaired) electrons. The molecule has 0 saturated heterocycles. The zero-order chi connectivity index (χ0) is 18.6. The van der Waals surface area contributed by atoms with Gasteiger partial charge in [-0.25, -0.2) is 0 Å². The van der Waals surface area contributed by atoms with Crippen LogP contribution in [0.1, 0.15) is 44.1 Å². The van der Waals surface area contributed by atoms with E-state index in [-0.39, 0.29) is 17.7 Å². The van der Waals surface area contributed by atoms with Crippen LogP contribution in [0.5, 0.6) is 0 Å². The van der Waals surface area contributed by atoms with Gasteiger partial charge in [-0.05, 0) is 47.1 Å². The van der Waals surface area contributed by atoms with Gasteiger partial charge in [0.1, 0.15) is 0 Å². The molecule has 1 aromatic carbocycles. The topological polar surface area (TPSA) is 92.4 Å². The van der Waals surface area contributed by atoms with Gasteiger partial charge < -0.3 is 16.2 Å². The van der Waals surface area contributed by atoms with Crippen LogP contribution in [0.15, 0.2) is 29.6 Å². The summed E-state index contributed by atoms with van der Waals surface area (Å²) in [5.74, 6) is -0.995. The van der Waals surface area contributed by atoms with Gasteiger partial charge in [0, 0.05) is 11.2 Å². The van der Waals surface area contributed by atoms with Gasteiger partial charge in [-0.3, -0.25) is 9.59 Å². The Morgan fingerprint density at radius 3 is 2.69 bits per heavy atom. The van der Waals surface area contributed by atoms with E-state index in [4.69, 9.17) is 5.73 Å². The molecule has 1 aromatic heterocycles. The minimum atomic E-state index is -0.796. The standard InChI is InChI=1S/C20H26N2O3S/c21-16(10-14-12-26-17-7-3-2-6-15(14)17)19(25)22-13-20(11-18(23)24)8-4-1-5-9-20/h2-3,6-7,12,16H,1,4-5,8-11,13,21H2,(H,22,25)(H,23,24)/t16-/m1/s1. The van der Waals surface area contributed by atoms with Crippen LogP contribution in [0.4, 0.5) is 0 Å². The number of benzene rings is 1. The van der Waals surface area contributed by atoms with E-state index in [1.54, 1.807) is 11.3 Å². The van der Waals surface area contributed by atoms with Crippen LogP contribution in [0.3, 0.4) is 0 Å². The van der Waals surface area contributed by atoms with E-state index in [2.05, 4.69) is 22.8 Å². The number of carboxylic acid groups (broad SMARTS) is 1. The molecule has 1 atom stereocenters. The molecule has 6 heteroatoms. The Kier molecular flexibility index (Phi) is 5.94. The van der Waals surface area contributed by atoms with Crippen molar-refractivity contribution in [2.24, 2.45) is 11.1 Å². The number of thiophene rings is 1. The lowest BCUT2D eigenvalue weighted by Gasteiger charge is -2.36. The summed E-state index contributed by atoms with van der Waals surface area (Å²) >= 11 is 1.66. The van der Waals surface area contributed by atoms with Gasteiger partial charge in [-0.1, -0.05) is 37.5 Å². The zero-order valence-electron chi connectivity index (χ0n) is 14.9. The van der Waals surface area contributed by atoms with Crippen molar-refractivity contribution in [3.05, 3.63) is 35.2 Å². The average Bonchev–Trinajstić information content (AvgIpc) is 3.03. The molecule has 1 heterocycles. The summed E-state index contributed by atoms with van der Waals surface area (Å²) in [4.78, 5) is 23.7. The smallest absolute Gasteiger partial charge is 0.303 e. The van der Waals surface area contributed by atoms with Crippen LogP contribution in [0.2, 0.25) is 0 Å². The van der Waals surface area contributed by atoms with Crippen molar-refractivity contribution in [2.75, 3.05) is 6.54 Å². The van der Waals surface area contributed by atoms with Crippen LogP contribution in [0.25, 0.3) is 10.1 Å². The van der Waals surface area contributed by atoms with Gasteiger partial charge in [-0.2, -0.15) is 0 Å². The molecule has 3 rings (SSSR count). The van der Waals surface area contributed by atoms with Crippen molar-refractivity contribution in [3.8, 4) is 0 Å². The monoisotopic (exact) mass is 374 g/mol. The third kappa shape index (κ3) is 4.43. The molecule has 1 saturated carbocycles. The first-order valence-electron chi connectivity index (χ1n) is 9.19. The lowest BCUT2D eigenvalue weighted by atomic mass is 9.71. The second kappa shape index (κ2) is 8.18. The van der Waals surface area contributed by atoms with E-state index in [0.717, 1.165) is 43.1 Å². The minimum absolute atomic E-state index is 0.109. The summed E-state index contributed by atoms with van der Waals surface area (Å²) in [7, 11) is 0. The number of carboxylic acids is 1. The molecular weight excluding hydrogens is 348 g/mol. The zero-order valence-corrected chi connectivity index (χ0v) is 15.7. The van der Waals surface area contributed by atoms with Crippen molar-refractivity contribution >= 4 is 33.3 Å². The highest BCUT2D eigenvalue weighted by Gasteiger charge is 2.35. The molecule has 1 fully saturated rings. The van der Waals surface area contributed by atoms with E-state index < -0.39 is 12.0 Å². The van der Waals surface area contributed by atoms with Gasteiger partial charge in [-0.15, -0.1) is 11.3 Å². The van der Waals surface area contributed by atoms with Gasteiger partial charge >= 0.3 is 5.97 Å². The number of hydrogen-bond acceptors (Lipinski definition) is 4. The molecule has 0 spiro atoms.